The fourth-order valence-corrected chi connectivity index (χ4v) is 0.758. The molecule has 56 valence electrons. The van der Waals surface area contributed by atoms with E-state index in [1.165, 1.54) is 0 Å². The summed E-state index contributed by atoms with van der Waals surface area (Å²) in [5.41, 5.74) is 6.14. The SMILES string of the molecule is [CH2+][N-]c1cccc(C(N)=O)c1. The second-order valence-electron chi connectivity index (χ2n) is 2.07. The van der Waals surface area contributed by atoms with Crippen LogP contribution in [0, 0.1) is 7.05 Å². The lowest BCUT2D eigenvalue weighted by Gasteiger charge is -2.05. The van der Waals surface area contributed by atoms with E-state index in [1.54, 1.807) is 24.3 Å². The first-order chi connectivity index (χ1) is 5.24. The van der Waals surface area contributed by atoms with Gasteiger partial charge in [-0.3, -0.25) is 4.79 Å². The molecule has 0 aliphatic carbocycles. The molecule has 0 aromatic heterocycles. The molecule has 1 amide bonds. The van der Waals surface area contributed by atoms with Crippen molar-refractivity contribution in [3.63, 3.8) is 0 Å². The molecule has 0 radical (unpaired) electrons. The van der Waals surface area contributed by atoms with E-state index in [0.29, 0.717) is 11.3 Å². The van der Waals surface area contributed by atoms with E-state index in [9.17, 15) is 4.79 Å². The first-order valence-electron chi connectivity index (χ1n) is 3.10. The zero-order chi connectivity index (χ0) is 8.27. The van der Waals surface area contributed by atoms with Crippen molar-refractivity contribution in [2.45, 2.75) is 0 Å². The minimum absolute atomic E-state index is 0.449. The van der Waals surface area contributed by atoms with Crippen molar-refractivity contribution < 1.29 is 4.79 Å². The Morgan fingerprint density at radius 1 is 1.55 bits per heavy atom. The number of primary amides is 1. The molecule has 0 heterocycles. The molecular formula is C8H8N2O. The van der Waals surface area contributed by atoms with Crippen LogP contribution in [0.1, 0.15) is 10.4 Å². The van der Waals surface area contributed by atoms with Gasteiger partial charge in [0.25, 0.3) is 0 Å². The van der Waals surface area contributed by atoms with Gasteiger partial charge in [-0.1, -0.05) is 18.2 Å². The molecular weight excluding hydrogens is 140 g/mol. The summed E-state index contributed by atoms with van der Waals surface area (Å²) >= 11 is 0. The van der Waals surface area contributed by atoms with Crippen LogP contribution in [0.2, 0.25) is 0 Å². The maximum absolute atomic E-state index is 10.6. The number of carbonyl (C=O) groups is 1. The molecule has 0 saturated carbocycles. The Morgan fingerprint density at radius 2 is 2.27 bits per heavy atom. The summed E-state index contributed by atoms with van der Waals surface area (Å²) in [6, 6.07) is 6.69. The van der Waals surface area contributed by atoms with E-state index in [0.717, 1.165) is 0 Å². The predicted octanol–water partition coefficient (Wildman–Crippen LogP) is 1.58. The summed E-state index contributed by atoms with van der Waals surface area (Å²) in [6.45, 7) is 0. The number of hydrogen-bond donors (Lipinski definition) is 1. The molecule has 1 aromatic rings. The molecule has 1 aromatic carbocycles. The van der Waals surface area contributed by atoms with Crippen molar-refractivity contribution in [3.8, 4) is 0 Å². The van der Waals surface area contributed by atoms with E-state index in [2.05, 4.69) is 12.4 Å². The van der Waals surface area contributed by atoms with Crippen LogP contribution in [0.3, 0.4) is 0 Å². The first kappa shape index (κ1) is 7.47. The molecule has 0 unspecified atom stereocenters. The van der Waals surface area contributed by atoms with Gasteiger partial charge in [0.05, 0.1) is 0 Å². The fourth-order valence-electron chi connectivity index (χ4n) is 0.758. The lowest BCUT2D eigenvalue weighted by atomic mass is 10.2. The zero-order valence-electron chi connectivity index (χ0n) is 5.95. The number of rotatable bonds is 2. The smallest absolute Gasteiger partial charge is 0.248 e. The van der Waals surface area contributed by atoms with Crippen LogP contribution in [0.4, 0.5) is 5.69 Å². The number of nitrogens with two attached hydrogens (primary N) is 1. The highest BCUT2D eigenvalue weighted by atomic mass is 16.1. The molecule has 0 atom stereocenters. The van der Waals surface area contributed by atoms with E-state index >= 15 is 0 Å². The molecule has 11 heavy (non-hydrogen) atoms. The van der Waals surface area contributed by atoms with Crippen molar-refractivity contribution in [1.29, 1.82) is 0 Å². The molecule has 0 saturated heterocycles. The van der Waals surface area contributed by atoms with E-state index in [-0.39, 0.29) is 0 Å². The van der Waals surface area contributed by atoms with Gasteiger partial charge in [-0.25, -0.2) is 0 Å². The molecule has 2 N–H and O–H groups in total. The van der Waals surface area contributed by atoms with E-state index in [1.807, 2.05) is 0 Å². The number of hydrogen-bond acceptors (Lipinski definition) is 1. The summed E-state index contributed by atoms with van der Waals surface area (Å²) in [5, 5.41) is 3.66. The van der Waals surface area contributed by atoms with Crippen molar-refractivity contribution >= 4 is 11.6 Å². The average molecular weight is 148 g/mol. The van der Waals surface area contributed by atoms with Gasteiger partial charge in [0.15, 0.2) is 0 Å². The summed E-state index contributed by atoms with van der Waals surface area (Å²) in [4.78, 5) is 10.6. The topological polar surface area (TPSA) is 57.2 Å². The Balaban J connectivity index is 3.01. The average Bonchev–Trinajstić information content (AvgIpc) is 2.05. The number of benzene rings is 1. The molecule has 0 bridgehead atoms. The summed E-state index contributed by atoms with van der Waals surface area (Å²) in [7, 11) is 3.33. The van der Waals surface area contributed by atoms with Crippen molar-refractivity contribution in [2.24, 2.45) is 5.73 Å². The highest BCUT2D eigenvalue weighted by Gasteiger charge is 1.96. The molecule has 0 aliphatic heterocycles. The largest absolute Gasteiger partial charge is 0.491 e. The van der Waals surface area contributed by atoms with Crippen molar-refractivity contribution in [2.75, 3.05) is 0 Å². The predicted molar refractivity (Wildman–Crippen MR) is 43.3 cm³/mol. The normalized spacial score (nSPS) is 9.09. The van der Waals surface area contributed by atoms with Gasteiger partial charge >= 0.3 is 0 Å². The van der Waals surface area contributed by atoms with Crippen LogP contribution in [0.15, 0.2) is 24.3 Å². The number of carbonyl (C=O) groups excluding carboxylic acids is 1. The number of nitrogens with zero attached hydrogens (tertiary/aromatic N) is 1. The summed E-state index contributed by atoms with van der Waals surface area (Å²) in [5.74, 6) is -0.449. The van der Waals surface area contributed by atoms with Crippen LogP contribution >= 0.6 is 0 Å². The lowest BCUT2D eigenvalue weighted by Crippen LogP contribution is -2.10. The Hall–Kier alpha value is -1.64. The molecule has 0 fully saturated rings. The number of amides is 1. The second-order valence-corrected chi connectivity index (χ2v) is 2.07. The second kappa shape index (κ2) is 2.96. The standard InChI is InChI=1S/C8H8N2O/c1-10-7-4-2-3-6(5-7)8(9)11/h2-5H,1H2,(H2,9,11). The van der Waals surface area contributed by atoms with Crippen LogP contribution in [0.5, 0.6) is 0 Å². The summed E-state index contributed by atoms with van der Waals surface area (Å²) < 4.78 is 0. The van der Waals surface area contributed by atoms with Crippen LogP contribution in [0.25, 0.3) is 5.32 Å². The summed E-state index contributed by atoms with van der Waals surface area (Å²) in [6.07, 6.45) is 0. The molecule has 0 aliphatic rings. The highest BCUT2D eigenvalue weighted by Crippen LogP contribution is 2.17. The molecule has 3 nitrogen and oxygen atoms in total. The quantitative estimate of drug-likeness (QED) is 0.636. The van der Waals surface area contributed by atoms with Crippen molar-refractivity contribution in [1.82, 2.24) is 0 Å². The lowest BCUT2D eigenvalue weighted by molar-refractivity contribution is 0.100. The Bertz CT molecular complexity index is 271. The fraction of sp³-hybridized carbons (Fsp3) is 0. The molecule has 1 rings (SSSR count). The van der Waals surface area contributed by atoms with Gasteiger partial charge in [-0.15, -0.1) is 5.69 Å². The van der Waals surface area contributed by atoms with Gasteiger partial charge in [-0.2, -0.15) is 0 Å². The van der Waals surface area contributed by atoms with Gasteiger partial charge in [-0.05, 0) is 6.07 Å². The minimum atomic E-state index is -0.449. The van der Waals surface area contributed by atoms with Gasteiger partial charge in [0, 0.05) is 12.6 Å². The Labute approximate surface area is 65.2 Å². The maximum atomic E-state index is 10.6. The van der Waals surface area contributed by atoms with Crippen LogP contribution in [-0.2, 0) is 0 Å². The monoisotopic (exact) mass is 148 g/mol. The Morgan fingerprint density at radius 3 is 2.82 bits per heavy atom. The third-order valence-corrected chi connectivity index (χ3v) is 1.31. The third-order valence-electron chi connectivity index (χ3n) is 1.31. The first-order valence-corrected chi connectivity index (χ1v) is 3.10. The maximum Gasteiger partial charge on any atom is 0.248 e. The third kappa shape index (κ3) is 1.64. The molecule has 3 heteroatoms. The van der Waals surface area contributed by atoms with Crippen LogP contribution in [-0.4, -0.2) is 5.91 Å². The highest BCUT2D eigenvalue weighted by molar-refractivity contribution is 5.93. The zero-order valence-corrected chi connectivity index (χ0v) is 5.95. The van der Waals surface area contributed by atoms with E-state index < -0.39 is 5.91 Å². The minimum Gasteiger partial charge on any atom is -0.491 e. The van der Waals surface area contributed by atoms with Crippen molar-refractivity contribution in [3.05, 3.63) is 42.2 Å². The Kier molecular flexibility index (Phi) is 2.01. The van der Waals surface area contributed by atoms with Crippen LogP contribution < -0.4 is 5.73 Å². The van der Waals surface area contributed by atoms with Gasteiger partial charge < -0.3 is 11.1 Å². The van der Waals surface area contributed by atoms with E-state index in [4.69, 9.17) is 5.73 Å². The molecule has 0 spiro atoms. The van der Waals surface area contributed by atoms with Gasteiger partial charge in [0.1, 0.15) is 0 Å². The van der Waals surface area contributed by atoms with Gasteiger partial charge in [0.2, 0.25) is 5.91 Å².